The molecule has 0 amide bonds. The smallest absolute Gasteiger partial charge is 0.325 e. The second kappa shape index (κ2) is 4.17. The molecule has 0 atom stereocenters. The first-order valence-electron chi connectivity index (χ1n) is 4.80. The number of alkyl halides is 3. The van der Waals surface area contributed by atoms with E-state index in [1.54, 1.807) is 0 Å². The maximum atomic E-state index is 12.8. The SMILES string of the molecule is NCc1n[nH]nc1-c1ccccc1C(F)(F)F. The number of H-pyrrole nitrogens is 1. The number of hydrogen-bond donors (Lipinski definition) is 2. The topological polar surface area (TPSA) is 67.6 Å². The number of benzene rings is 1. The van der Waals surface area contributed by atoms with E-state index in [4.69, 9.17) is 5.73 Å². The van der Waals surface area contributed by atoms with Crippen LogP contribution in [0.1, 0.15) is 11.3 Å². The number of nitrogens with one attached hydrogen (secondary N) is 1. The van der Waals surface area contributed by atoms with Crippen LogP contribution >= 0.6 is 0 Å². The Labute approximate surface area is 94.6 Å². The van der Waals surface area contributed by atoms with Crippen LogP contribution in [-0.4, -0.2) is 15.4 Å². The van der Waals surface area contributed by atoms with Gasteiger partial charge in [-0.1, -0.05) is 18.2 Å². The van der Waals surface area contributed by atoms with Gasteiger partial charge in [0.1, 0.15) is 11.4 Å². The Morgan fingerprint density at radius 3 is 2.53 bits per heavy atom. The Hall–Kier alpha value is -1.89. The number of nitrogens with two attached hydrogens (primary N) is 1. The standard InChI is InChI=1S/C10H9F3N4/c11-10(12,13)7-4-2-1-3-6(7)9-8(5-14)15-17-16-9/h1-4H,5,14H2,(H,15,16,17). The van der Waals surface area contributed by atoms with Gasteiger partial charge in [-0.15, -0.1) is 0 Å². The van der Waals surface area contributed by atoms with Crippen molar-refractivity contribution in [3.8, 4) is 11.3 Å². The summed E-state index contributed by atoms with van der Waals surface area (Å²) in [6.45, 7) is 0.0258. The molecule has 0 spiro atoms. The third kappa shape index (κ3) is 2.14. The van der Waals surface area contributed by atoms with E-state index >= 15 is 0 Å². The summed E-state index contributed by atoms with van der Waals surface area (Å²) in [5.41, 5.74) is 5.07. The number of hydrogen-bond acceptors (Lipinski definition) is 3. The Bertz CT molecular complexity index is 518. The normalized spacial score (nSPS) is 11.8. The summed E-state index contributed by atoms with van der Waals surface area (Å²) < 4.78 is 38.4. The first kappa shape index (κ1) is 11.6. The predicted molar refractivity (Wildman–Crippen MR) is 54.7 cm³/mol. The van der Waals surface area contributed by atoms with E-state index in [0.717, 1.165) is 6.07 Å². The van der Waals surface area contributed by atoms with Crippen molar-refractivity contribution < 1.29 is 13.2 Å². The quantitative estimate of drug-likeness (QED) is 0.845. The van der Waals surface area contributed by atoms with E-state index in [-0.39, 0.29) is 17.8 Å². The molecule has 90 valence electrons. The molecule has 1 heterocycles. The van der Waals surface area contributed by atoms with Gasteiger partial charge in [0, 0.05) is 12.1 Å². The number of halogens is 3. The van der Waals surface area contributed by atoms with E-state index in [9.17, 15) is 13.2 Å². The zero-order valence-electron chi connectivity index (χ0n) is 8.62. The molecule has 17 heavy (non-hydrogen) atoms. The maximum Gasteiger partial charge on any atom is 0.417 e. The average Bonchev–Trinajstić information content (AvgIpc) is 2.75. The van der Waals surface area contributed by atoms with Crippen LogP contribution in [-0.2, 0) is 12.7 Å². The number of aromatic amines is 1. The van der Waals surface area contributed by atoms with Gasteiger partial charge in [-0.25, -0.2) is 0 Å². The molecule has 0 radical (unpaired) electrons. The third-order valence-corrected chi connectivity index (χ3v) is 2.30. The summed E-state index contributed by atoms with van der Waals surface area (Å²) in [7, 11) is 0. The van der Waals surface area contributed by atoms with Crippen LogP contribution in [0, 0.1) is 0 Å². The minimum absolute atomic E-state index is 0.0193. The summed E-state index contributed by atoms with van der Waals surface area (Å²) in [6.07, 6.45) is -4.43. The average molecular weight is 242 g/mol. The summed E-state index contributed by atoms with van der Waals surface area (Å²) >= 11 is 0. The molecule has 7 heteroatoms. The monoisotopic (exact) mass is 242 g/mol. The van der Waals surface area contributed by atoms with Crippen LogP contribution in [0.2, 0.25) is 0 Å². The molecule has 1 aromatic carbocycles. The maximum absolute atomic E-state index is 12.8. The zero-order chi connectivity index (χ0) is 12.5. The van der Waals surface area contributed by atoms with Crippen molar-refractivity contribution in [1.82, 2.24) is 15.4 Å². The van der Waals surface area contributed by atoms with Gasteiger partial charge in [0.25, 0.3) is 0 Å². The van der Waals surface area contributed by atoms with Crippen molar-refractivity contribution in [1.29, 1.82) is 0 Å². The van der Waals surface area contributed by atoms with E-state index < -0.39 is 11.7 Å². The van der Waals surface area contributed by atoms with Crippen molar-refractivity contribution in [3.05, 3.63) is 35.5 Å². The second-order valence-electron chi connectivity index (χ2n) is 3.37. The van der Waals surface area contributed by atoms with E-state index in [1.165, 1.54) is 18.2 Å². The molecule has 0 aliphatic heterocycles. The van der Waals surface area contributed by atoms with Crippen molar-refractivity contribution in [2.75, 3.05) is 0 Å². The molecule has 0 aliphatic rings. The summed E-state index contributed by atoms with van der Waals surface area (Å²) in [5, 5.41) is 9.70. The van der Waals surface area contributed by atoms with Crippen molar-refractivity contribution in [2.24, 2.45) is 5.73 Å². The summed E-state index contributed by atoms with van der Waals surface area (Å²) in [4.78, 5) is 0. The first-order valence-corrected chi connectivity index (χ1v) is 4.80. The third-order valence-electron chi connectivity index (χ3n) is 2.30. The lowest BCUT2D eigenvalue weighted by Gasteiger charge is -2.11. The molecule has 4 nitrogen and oxygen atoms in total. The Morgan fingerprint density at radius 2 is 1.88 bits per heavy atom. The molecule has 0 aliphatic carbocycles. The number of rotatable bonds is 2. The van der Waals surface area contributed by atoms with E-state index in [1.807, 2.05) is 0 Å². The van der Waals surface area contributed by atoms with Crippen molar-refractivity contribution >= 4 is 0 Å². The lowest BCUT2D eigenvalue weighted by atomic mass is 10.0. The molecule has 2 aromatic rings. The molecular formula is C10H9F3N4. The molecule has 0 saturated heterocycles. The molecule has 0 saturated carbocycles. The molecule has 2 rings (SSSR count). The van der Waals surface area contributed by atoms with Gasteiger partial charge in [0.15, 0.2) is 0 Å². The molecule has 1 aromatic heterocycles. The van der Waals surface area contributed by atoms with Gasteiger partial charge in [-0.2, -0.15) is 28.6 Å². The second-order valence-corrected chi connectivity index (χ2v) is 3.37. The van der Waals surface area contributed by atoms with Gasteiger partial charge in [-0.05, 0) is 6.07 Å². The lowest BCUT2D eigenvalue weighted by Crippen LogP contribution is -2.08. The highest BCUT2D eigenvalue weighted by molar-refractivity contribution is 5.66. The highest BCUT2D eigenvalue weighted by Crippen LogP contribution is 2.36. The van der Waals surface area contributed by atoms with Gasteiger partial charge < -0.3 is 5.73 Å². The highest BCUT2D eigenvalue weighted by atomic mass is 19.4. The van der Waals surface area contributed by atoms with Crippen LogP contribution in [0.4, 0.5) is 13.2 Å². The molecular weight excluding hydrogens is 233 g/mol. The fourth-order valence-electron chi connectivity index (χ4n) is 1.55. The molecule has 0 unspecified atom stereocenters. The fourth-order valence-corrected chi connectivity index (χ4v) is 1.55. The van der Waals surface area contributed by atoms with Crippen LogP contribution in [0.3, 0.4) is 0 Å². The summed E-state index contributed by atoms with van der Waals surface area (Å²) in [5.74, 6) is 0. The Balaban J connectivity index is 2.60. The Morgan fingerprint density at radius 1 is 1.18 bits per heavy atom. The predicted octanol–water partition coefficient (Wildman–Crippen LogP) is 1.95. The number of nitrogens with zero attached hydrogens (tertiary/aromatic N) is 2. The molecule has 3 N–H and O–H groups in total. The minimum Gasteiger partial charge on any atom is -0.325 e. The fraction of sp³-hybridized carbons (Fsp3) is 0.200. The van der Waals surface area contributed by atoms with Crippen molar-refractivity contribution in [2.45, 2.75) is 12.7 Å². The summed E-state index contributed by atoms with van der Waals surface area (Å²) in [6, 6.07) is 5.19. The van der Waals surface area contributed by atoms with Gasteiger partial charge in [-0.3, -0.25) is 0 Å². The van der Waals surface area contributed by atoms with Crippen LogP contribution in [0.15, 0.2) is 24.3 Å². The van der Waals surface area contributed by atoms with Crippen LogP contribution < -0.4 is 5.73 Å². The largest absolute Gasteiger partial charge is 0.417 e. The van der Waals surface area contributed by atoms with Crippen LogP contribution in [0.5, 0.6) is 0 Å². The Kier molecular flexibility index (Phi) is 2.84. The van der Waals surface area contributed by atoms with Crippen molar-refractivity contribution in [3.63, 3.8) is 0 Å². The first-order chi connectivity index (χ1) is 8.04. The minimum atomic E-state index is -4.43. The highest BCUT2D eigenvalue weighted by Gasteiger charge is 2.34. The van der Waals surface area contributed by atoms with Gasteiger partial charge in [0.2, 0.25) is 0 Å². The number of aromatic nitrogens is 3. The van der Waals surface area contributed by atoms with Gasteiger partial charge >= 0.3 is 6.18 Å². The van der Waals surface area contributed by atoms with Crippen LogP contribution in [0.25, 0.3) is 11.3 Å². The van der Waals surface area contributed by atoms with E-state index in [2.05, 4.69) is 15.4 Å². The van der Waals surface area contributed by atoms with E-state index in [0.29, 0.717) is 5.69 Å². The molecule has 0 fully saturated rings. The lowest BCUT2D eigenvalue weighted by molar-refractivity contribution is -0.137. The molecule has 0 bridgehead atoms. The van der Waals surface area contributed by atoms with Gasteiger partial charge in [0.05, 0.1) is 5.56 Å². The zero-order valence-corrected chi connectivity index (χ0v) is 8.62.